The van der Waals surface area contributed by atoms with Crippen molar-refractivity contribution in [3.05, 3.63) is 64.7 Å². The molecule has 1 aliphatic rings. The predicted molar refractivity (Wildman–Crippen MR) is 108 cm³/mol. The largest absolute Gasteiger partial charge is 0.416 e. The van der Waals surface area contributed by atoms with Crippen molar-refractivity contribution in [1.29, 1.82) is 0 Å². The molecule has 0 aromatic heterocycles. The standard InChI is InChI=1S/C21H23ClF3N3O/c1-15(16-4-2-6-18(22)12-16)26-20(29)14-27-8-10-28(11-9-27)19-7-3-5-17(13-19)21(23,24)25/h2-7,12-13,15H,8-11,14H2,1H3,(H,26,29)/t15-/m0/s1. The molecular formula is C21H23ClF3N3O. The first kappa shape index (κ1) is 21.5. The summed E-state index contributed by atoms with van der Waals surface area (Å²) in [7, 11) is 0. The number of amides is 1. The van der Waals surface area contributed by atoms with E-state index in [1.807, 2.05) is 34.9 Å². The minimum atomic E-state index is -4.35. The van der Waals surface area contributed by atoms with Gasteiger partial charge in [-0.2, -0.15) is 13.2 Å². The van der Waals surface area contributed by atoms with E-state index in [4.69, 9.17) is 11.6 Å². The van der Waals surface area contributed by atoms with E-state index in [-0.39, 0.29) is 18.5 Å². The number of piperazine rings is 1. The van der Waals surface area contributed by atoms with E-state index in [1.54, 1.807) is 12.1 Å². The number of benzene rings is 2. The van der Waals surface area contributed by atoms with Crippen molar-refractivity contribution in [1.82, 2.24) is 10.2 Å². The Morgan fingerprint density at radius 2 is 1.79 bits per heavy atom. The van der Waals surface area contributed by atoms with Crippen LogP contribution in [0.4, 0.5) is 18.9 Å². The summed E-state index contributed by atoms with van der Waals surface area (Å²) < 4.78 is 38.7. The maximum atomic E-state index is 12.9. The second-order valence-corrected chi connectivity index (χ2v) is 7.59. The van der Waals surface area contributed by atoms with Crippen molar-refractivity contribution in [3.8, 4) is 0 Å². The molecule has 156 valence electrons. The van der Waals surface area contributed by atoms with Gasteiger partial charge in [-0.1, -0.05) is 29.8 Å². The zero-order valence-corrected chi connectivity index (χ0v) is 16.8. The normalized spacial score (nSPS) is 16.5. The van der Waals surface area contributed by atoms with Gasteiger partial charge in [-0.3, -0.25) is 9.69 Å². The van der Waals surface area contributed by atoms with Crippen LogP contribution in [0.5, 0.6) is 0 Å². The minimum absolute atomic E-state index is 0.0926. The van der Waals surface area contributed by atoms with E-state index in [0.29, 0.717) is 36.9 Å². The van der Waals surface area contributed by atoms with Crippen LogP contribution in [-0.2, 0) is 11.0 Å². The molecule has 29 heavy (non-hydrogen) atoms. The van der Waals surface area contributed by atoms with Gasteiger partial charge in [0.15, 0.2) is 0 Å². The van der Waals surface area contributed by atoms with E-state index < -0.39 is 11.7 Å². The number of carbonyl (C=O) groups is 1. The molecule has 2 aromatic carbocycles. The van der Waals surface area contributed by atoms with E-state index in [0.717, 1.165) is 11.6 Å². The van der Waals surface area contributed by atoms with Gasteiger partial charge in [0.05, 0.1) is 18.2 Å². The van der Waals surface area contributed by atoms with Crippen LogP contribution in [-0.4, -0.2) is 43.5 Å². The zero-order valence-electron chi connectivity index (χ0n) is 16.0. The molecule has 0 spiro atoms. The first-order valence-electron chi connectivity index (χ1n) is 9.42. The molecule has 0 aliphatic carbocycles. The molecule has 0 radical (unpaired) electrons. The molecule has 1 atom stereocenters. The Hall–Kier alpha value is -2.25. The first-order chi connectivity index (χ1) is 13.7. The molecule has 1 fully saturated rings. The molecule has 3 rings (SSSR count). The zero-order chi connectivity index (χ0) is 21.0. The number of nitrogens with one attached hydrogen (secondary N) is 1. The van der Waals surface area contributed by atoms with Gasteiger partial charge in [-0.25, -0.2) is 0 Å². The smallest absolute Gasteiger partial charge is 0.369 e. The highest BCUT2D eigenvalue weighted by Gasteiger charge is 2.31. The molecule has 1 amide bonds. The number of rotatable bonds is 5. The third-order valence-electron chi connectivity index (χ3n) is 5.00. The van der Waals surface area contributed by atoms with Crippen molar-refractivity contribution in [2.75, 3.05) is 37.6 Å². The lowest BCUT2D eigenvalue weighted by Gasteiger charge is -2.36. The second kappa shape index (κ2) is 9.05. The Labute approximate surface area is 173 Å². The van der Waals surface area contributed by atoms with Gasteiger partial charge in [-0.05, 0) is 42.8 Å². The highest BCUT2D eigenvalue weighted by Crippen LogP contribution is 2.31. The molecule has 1 N–H and O–H groups in total. The topological polar surface area (TPSA) is 35.6 Å². The summed E-state index contributed by atoms with van der Waals surface area (Å²) in [6.07, 6.45) is -4.35. The number of hydrogen-bond acceptors (Lipinski definition) is 3. The van der Waals surface area contributed by atoms with Crippen LogP contribution in [0, 0.1) is 0 Å². The van der Waals surface area contributed by atoms with E-state index >= 15 is 0 Å². The average molecular weight is 426 g/mol. The lowest BCUT2D eigenvalue weighted by atomic mass is 10.1. The van der Waals surface area contributed by atoms with Crippen LogP contribution < -0.4 is 10.2 Å². The Bertz CT molecular complexity index is 851. The van der Waals surface area contributed by atoms with Crippen LogP contribution >= 0.6 is 11.6 Å². The Morgan fingerprint density at radius 1 is 1.10 bits per heavy atom. The molecule has 1 saturated heterocycles. The third kappa shape index (κ3) is 5.87. The molecule has 2 aromatic rings. The van der Waals surface area contributed by atoms with E-state index in [9.17, 15) is 18.0 Å². The van der Waals surface area contributed by atoms with Gasteiger partial charge in [-0.15, -0.1) is 0 Å². The van der Waals surface area contributed by atoms with Crippen LogP contribution in [0.3, 0.4) is 0 Å². The maximum Gasteiger partial charge on any atom is 0.416 e. The summed E-state index contributed by atoms with van der Waals surface area (Å²) in [5, 5.41) is 3.58. The highest BCUT2D eigenvalue weighted by atomic mass is 35.5. The van der Waals surface area contributed by atoms with Crippen molar-refractivity contribution < 1.29 is 18.0 Å². The summed E-state index contributed by atoms with van der Waals surface area (Å²) in [6, 6.07) is 12.6. The van der Waals surface area contributed by atoms with E-state index in [2.05, 4.69) is 5.32 Å². The van der Waals surface area contributed by atoms with Crippen molar-refractivity contribution >= 4 is 23.2 Å². The summed E-state index contributed by atoms with van der Waals surface area (Å²) in [4.78, 5) is 16.3. The summed E-state index contributed by atoms with van der Waals surface area (Å²) in [5.41, 5.74) is 0.838. The quantitative estimate of drug-likeness (QED) is 0.773. The molecule has 0 bridgehead atoms. The number of anilines is 1. The lowest BCUT2D eigenvalue weighted by Crippen LogP contribution is -2.49. The summed E-state index contributed by atoms with van der Waals surface area (Å²) in [5.74, 6) is -0.0926. The number of alkyl halides is 3. The van der Waals surface area contributed by atoms with Crippen LogP contribution in [0.25, 0.3) is 0 Å². The molecule has 0 unspecified atom stereocenters. The Kier molecular flexibility index (Phi) is 6.70. The maximum absolute atomic E-state index is 12.9. The highest BCUT2D eigenvalue weighted by molar-refractivity contribution is 6.30. The third-order valence-corrected chi connectivity index (χ3v) is 5.24. The minimum Gasteiger partial charge on any atom is -0.369 e. The van der Waals surface area contributed by atoms with Gasteiger partial charge in [0.25, 0.3) is 0 Å². The lowest BCUT2D eigenvalue weighted by molar-refractivity contribution is -0.137. The fourth-order valence-electron chi connectivity index (χ4n) is 3.39. The number of nitrogens with zero attached hydrogens (tertiary/aromatic N) is 2. The molecule has 1 aliphatic heterocycles. The average Bonchev–Trinajstić information content (AvgIpc) is 2.68. The van der Waals surface area contributed by atoms with Gasteiger partial charge in [0, 0.05) is 36.9 Å². The monoisotopic (exact) mass is 425 g/mol. The number of halogens is 4. The van der Waals surface area contributed by atoms with Crippen LogP contribution in [0.15, 0.2) is 48.5 Å². The van der Waals surface area contributed by atoms with Crippen LogP contribution in [0.1, 0.15) is 24.1 Å². The van der Waals surface area contributed by atoms with Gasteiger partial charge in [0.2, 0.25) is 5.91 Å². The Balaban J connectivity index is 1.50. The summed E-state index contributed by atoms with van der Waals surface area (Å²) >= 11 is 5.99. The molecule has 1 heterocycles. The fraction of sp³-hybridized carbons (Fsp3) is 0.381. The predicted octanol–water partition coefficient (Wildman–Crippen LogP) is 4.36. The number of hydrogen-bond donors (Lipinski definition) is 1. The molecular weight excluding hydrogens is 403 g/mol. The summed E-state index contributed by atoms with van der Waals surface area (Å²) in [6.45, 7) is 4.50. The second-order valence-electron chi connectivity index (χ2n) is 7.16. The Morgan fingerprint density at radius 3 is 2.45 bits per heavy atom. The van der Waals surface area contributed by atoms with Crippen molar-refractivity contribution in [2.45, 2.75) is 19.1 Å². The van der Waals surface area contributed by atoms with Crippen molar-refractivity contribution in [2.24, 2.45) is 0 Å². The van der Waals surface area contributed by atoms with Crippen LogP contribution in [0.2, 0.25) is 5.02 Å². The van der Waals surface area contributed by atoms with Gasteiger partial charge in [0.1, 0.15) is 0 Å². The fourth-order valence-corrected chi connectivity index (χ4v) is 3.59. The van der Waals surface area contributed by atoms with Gasteiger partial charge < -0.3 is 10.2 Å². The SMILES string of the molecule is C[C@H](NC(=O)CN1CCN(c2cccc(C(F)(F)F)c2)CC1)c1cccc(Cl)c1. The van der Waals surface area contributed by atoms with E-state index in [1.165, 1.54) is 12.1 Å². The molecule has 0 saturated carbocycles. The molecule has 4 nitrogen and oxygen atoms in total. The van der Waals surface area contributed by atoms with Gasteiger partial charge >= 0.3 is 6.18 Å². The molecule has 8 heteroatoms. The first-order valence-corrected chi connectivity index (χ1v) is 9.79. The number of carbonyl (C=O) groups excluding carboxylic acids is 1. The van der Waals surface area contributed by atoms with Crippen molar-refractivity contribution in [3.63, 3.8) is 0 Å².